The summed E-state index contributed by atoms with van der Waals surface area (Å²) in [6, 6.07) is 7.87. The predicted octanol–water partition coefficient (Wildman–Crippen LogP) is 2.72. The van der Waals surface area contributed by atoms with Crippen molar-refractivity contribution in [1.82, 2.24) is 20.2 Å². The lowest BCUT2D eigenvalue weighted by molar-refractivity contribution is -0.113. The van der Waals surface area contributed by atoms with Crippen molar-refractivity contribution in [2.45, 2.75) is 44.8 Å². The summed E-state index contributed by atoms with van der Waals surface area (Å²) >= 11 is 1.33. The molecule has 0 bridgehead atoms. The summed E-state index contributed by atoms with van der Waals surface area (Å²) in [6.07, 6.45) is 0.943. The highest BCUT2D eigenvalue weighted by molar-refractivity contribution is 7.99. The van der Waals surface area contributed by atoms with Crippen molar-refractivity contribution in [1.29, 1.82) is 0 Å². The Morgan fingerprint density at radius 1 is 1.36 bits per heavy atom. The van der Waals surface area contributed by atoms with Gasteiger partial charge in [-0.2, -0.15) is 0 Å². The van der Waals surface area contributed by atoms with Crippen molar-refractivity contribution >= 4 is 23.4 Å². The molecule has 22 heavy (non-hydrogen) atoms. The van der Waals surface area contributed by atoms with E-state index in [9.17, 15) is 4.79 Å². The lowest BCUT2D eigenvalue weighted by Gasteiger charge is -2.19. The summed E-state index contributed by atoms with van der Waals surface area (Å²) in [6.45, 7) is 8.14. The third-order valence-electron chi connectivity index (χ3n) is 3.03. The third-order valence-corrected chi connectivity index (χ3v) is 3.95. The fourth-order valence-electron chi connectivity index (χ4n) is 1.89. The minimum absolute atomic E-state index is 0.0679. The molecule has 1 amide bonds. The highest BCUT2D eigenvalue weighted by Crippen LogP contribution is 2.21. The first-order chi connectivity index (χ1) is 10.4. The fraction of sp³-hybridized carbons (Fsp3) is 0.467. The van der Waals surface area contributed by atoms with E-state index in [2.05, 4.69) is 27.8 Å². The van der Waals surface area contributed by atoms with E-state index in [4.69, 9.17) is 0 Å². The number of anilines is 1. The minimum Gasteiger partial charge on any atom is -0.325 e. The maximum atomic E-state index is 12.1. The summed E-state index contributed by atoms with van der Waals surface area (Å²) < 4.78 is 1.72. The second-order valence-electron chi connectivity index (χ2n) is 5.93. The number of hydrogen-bond donors (Lipinski definition) is 1. The summed E-state index contributed by atoms with van der Waals surface area (Å²) in [7, 11) is 0. The molecule has 1 heterocycles. The van der Waals surface area contributed by atoms with E-state index < -0.39 is 0 Å². The number of aryl methyl sites for hydroxylation is 1. The minimum atomic E-state index is -0.211. The number of carbonyl (C=O) groups excluding carboxylic acids is 1. The molecule has 0 spiro atoms. The number of carbonyl (C=O) groups is 1. The number of aromatic nitrogens is 4. The normalized spacial score (nSPS) is 11.5. The summed E-state index contributed by atoms with van der Waals surface area (Å²) in [4.78, 5) is 12.1. The van der Waals surface area contributed by atoms with Gasteiger partial charge >= 0.3 is 0 Å². The SMILES string of the molecule is CCc1cccc(NC(=O)CSc2nnnn2C(C)(C)C)c1. The van der Waals surface area contributed by atoms with Crippen molar-refractivity contribution in [3.63, 3.8) is 0 Å². The Morgan fingerprint density at radius 2 is 2.14 bits per heavy atom. The van der Waals surface area contributed by atoms with Gasteiger partial charge in [0.05, 0.1) is 11.3 Å². The number of nitrogens with one attached hydrogen (secondary N) is 1. The summed E-state index contributed by atoms with van der Waals surface area (Å²) in [5, 5.41) is 15.2. The molecule has 0 saturated carbocycles. The molecule has 7 heteroatoms. The zero-order chi connectivity index (χ0) is 16.2. The molecular formula is C15H21N5OS. The molecule has 0 aliphatic heterocycles. The van der Waals surface area contributed by atoms with Gasteiger partial charge in [0.15, 0.2) is 0 Å². The monoisotopic (exact) mass is 319 g/mol. The first-order valence-electron chi connectivity index (χ1n) is 7.20. The van der Waals surface area contributed by atoms with Crippen LogP contribution in [-0.2, 0) is 16.8 Å². The number of benzene rings is 1. The molecule has 0 fully saturated rings. The predicted molar refractivity (Wildman–Crippen MR) is 88.0 cm³/mol. The van der Waals surface area contributed by atoms with Gasteiger partial charge in [-0.15, -0.1) is 5.10 Å². The molecule has 0 radical (unpaired) electrons. The number of hydrogen-bond acceptors (Lipinski definition) is 5. The van der Waals surface area contributed by atoms with Crippen LogP contribution in [0.15, 0.2) is 29.4 Å². The summed E-state index contributed by atoms with van der Waals surface area (Å²) in [5.41, 5.74) is 1.81. The largest absolute Gasteiger partial charge is 0.325 e. The van der Waals surface area contributed by atoms with Crippen molar-refractivity contribution in [3.05, 3.63) is 29.8 Å². The highest BCUT2D eigenvalue weighted by atomic mass is 32.2. The highest BCUT2D eigenvalue weighted by Gasteiger charge is 2.20. The van der Waals surface area contributed by atoms with Gasteiger partial charge in [-0.25, -0.2) is 4.68 Å². The van der Waals surface area contributed by atoms with Crippen molar-refractivity contribution in [3.8, 4) is 0 Å². The van der Waals surface area contributed by atoms with E-state index in [1.54, 1.807) is 4.68 Å². The van der Waals surface area contributed by atoms with Crippen molar-refractivity contribution < 1.29 is 4.79 Å². The smallest absolute Gasteiger partial charge is 0.234 e. The standard InChI is InChI=1S/C15H21N5OS/c1-5-11-7-6-8-12(9-11)16-13(21)10-22-14-17-18-19-20(14)15(2,3)4/h6-9H,5,10H2,1-4H3,(H,16,21). The first kappa shape index (κ1) is 16.5. The van der Waals surface area contributed by atoms with Gasteiger partial charge in [0.1, 0.15) is 0 Å². The van der Waals surface area contributed by atoms with Crippen LogP contribution in [-0.4, -0.2) is 31.9 Å². The molecule has 0 aliphatic carbocycles. The Kier molecular flexibility index (Phi) is 5.18. The molecule has 118 valence electrons. The molecule has 2 rings (SSSR count). The van der Waals surface area contributed by atoms with E-state index >= 15 is 0 Å². The van der Waals surface area contributed by atoms with Gasteiger partial charge in [0, 0.05) is 5.69 Å². The molecule has 0 aliphatic rings. The second kappa shape index (κ2) is 6.91. The molecule has 1 aromatic carbocycles. The van der Waals surface area contributed by atoms with Crippen LogP contribution in [0, 0.1) is 0 Å². The average Bonchev–Trinajstić information content (AvgIpc) is 2.94. The topological polar surface area (TPSA) is 72.7 Å². The van der Waals surface area contributed by atoms with Crippen molar-refractivity contribution in [2.24, 2.45) is 0 Å². The van der Waals surface area contributed by atoms with Gasteiger partial charge in [-0.1, -0.05) is 30.8 Å². The maximum Gasteiger partial charge on any atom is 0.234 e. The number of tetrazole rings is 1. The van der Waals surface area contributed by atoms with Crippen LogP contribution >= 0.6 is 11.8 Å². The lowest BCUT2D eigenvalue weighted by Crippen LogP contribution is -2.24. The average molecular weight is 319 g/mol. The zero-order valence-electron chi connectivity index (χ0n) is 13.3. The number of amides is 1. The molecule has 1 N–H and O–H groups in total. The second-order valence-corrected chi connectivity index (χ2v) is 6.88. The van der Waals surface area contributed by atoms with Crippen LogP contribution in [0.1, 0.15) is 33.3 Å². The van der Waals surface area contributed by atoms with Gasteiger partial charge in [0.25, 0.3) is 0 Å². The van der Waals surface area contributed by atoms with Gasteiger partial charge in [-0.3, -0.25) is 4.79 Å². The molecule has 0 atom stereocenters. The number of nitrogens with zero attached hydrogens (tertiary/aromatic N) is 4. The van der Waals surface area contributed by atoms with Crippen LogP contribution in [0.3, 0.4) is 0 Å². The Balaban J connectivity index is 1.95. The molecule has 0 saturated heterocycles. The van der Waals surface area contributed by atoms with Gasteiger partial charge < -0.3 is 5.32 Å². The Bertz CT molecular complexity index is 647. The quantitative estimate of drug-likeness (QED) is 0.858. The van der Waals surface area contributed by atoms with E-state index in [1.807, 2.05) is 45.0 Å². The molecular weight excluding hydrogens is 298 g/mol. The van der Waals surface area contributed by atoms with E-state index in [0.29, 0.717) is 5.16 Å². The number of rotatable bonds is 5. The molecule has 1 aromatic heterocycles. The van der Waals surface area contributed by atoms with Crippen molar-refractivity contribution in [2.75, 3.05) is 11.1 Å². The molecule has 2 aromatic rings. The Labute approximate surface area is 134 Å². The maximum absolute atomic E-state index is 12.1. The lowest BCUT2D eigenvalue weighted by atomic mass is 10.1. The Hall–Kier alpha value is -1.89. The van der Waals surface area contributed by atoms with E-state index in [-0.39, 0.29) is 17.2 Å². The zero-order valence-corrected chi connectivity index (χ0v) is 14.1. The van der Waals surface area contributed by atoms with Crippen LogP contribution in [0.5, 0.6) is 0 Å². The van der Waals surface area contributed by atoms with Crippen LogP contribution in [0.25, 0.3) is 0 Å². The van der Waals surface area contributed by atoms with Crippen LogP contribution < -0.4 is 5.32 Å². The Morgan fingerprint density at radius 3 is 2.82 bits per heavy atom. The molecule has 0 unspecified atom stereocenters. The summed E-state index contributed by atoms with van der Waals surface area (Å²) in [5.74, 6) is 0.203. The number of thioether (sulfide) groups is 1. The van der Waals surface area contributed by atoms with E-state index in [1.165, 1.54) is 17.3 Å². The van der Waals surface area contributed by atoms with E-state index in [0.717, 1.165) is 12.1 Å². The first-order valence-corrected chi connectivity index (χ1v) is 8.19. The third kappa shape index (κ3) is 4.30. The van der Waals surface area contributed by atoms with Crippen LogP contribution in [0.4, 0.5) is 5.69 Å². The van der Waals surface area contributed by atoms with Gasteiger partial charge in [-0.05, 0) is 55.3 Å². The van der Waals surface area contributed by atoms with Crippen LogP contribution in [0.2, 0.25) is 0 Å². The fourth-order valence-corrected chi connectivity index (χ4v) is 2.75. The molecule has 6 nitrogen and oxygen atoms in total. The van der Waals surface area contributed by atoms with Gasteiger partial charge in [0.2, 0.25) is 11.1 Å².